The Labute approximate surface area is 159 Å². The van der Waals surface area contributed by atoms with Crippen LogP contribution in [0.2, 0.25) is 0 Å². The largest absolute Gasteiger partial charge is 0.300 e. The fraction of sp³-hybridized carbons (Fsp3) is 0.200. The summed E-state index contributed by atoms with van der Waals surface area (Å²) in [6.07, 6.45) is 0.950. The van der Waals surface area contributed by atoms with E-state index in [2.05, 4.69) is 28.4 Å². The molecule has 1 N–H and O–H groups in total. The molecule has 136 valence electrons. The van der Waals surface area contributed by atoms with Gasteiger partial charge in [-0.15, -0.1) is 0 Å². The van der Waals surface area contributed by atoms with Gasteiger partial charge in [0.25, 0.3) is 5.56 Å². The smallest absolute Gasteiger partial charge is 0.275 e. The maximum Gasteiger partial charge on any atom is 0.275 e. The normalized spacial score (nSPS) is 11.2. The molecule has 2 aromatic carbocycles. The van der Waals surface area contributed by atoms with Crippen LogP contribution in [0.4, 0.5) is 5.13 Å². The molecule has 0 aliphatic carbocycles. The van der Waals surface area contributed by atoms with Crippen molar-refractivity contribution in [3.63, 3.8) is 0 Å². The van der Waals surface area contributed by atoms with E-state index in [1.165, 1.54) is 21.6 Å². The zero-order chi connectivity index (χ0) is 19.0. The third kappa shape index (κ3) is 3.33. The van der Waals surface area contributed by atoms with Gasteiger partial charge in [0.15, 0.2) is 5.13 Å². The third-order valence-electron chi connectivity index (χ3n) is 4.45. The van der Waals surface area contributed by atoms with Crippen molar-refractivity contribution in [1.29, 1.82) is 0 Å². The van der Waals surface area contributed by atoms with E-state index in [1.807, 2.05) is 31.2 Å². The SMILES string of the molecule is CCc1ccc2nc(NC(=O)Cn3nc(C)c4ccccc4c3=O)sc2c1. The van der Waals surface area contributed by atoms with Crippen molar-refractivity contribution in [2.24, 2.45) is 0 Å². The third-order valence-corrected chi connectivity index (χ3v) is 5.39. The molecule has 0 aliphatic rings. The van der Waals surface area contributed by atoms with Gasteiger partial charge in [0.2, 0.25) is 5.91 Å². The van der Waals surface area contributed by atoms with Crippen molar-refractivity contribution in [1.82, 2.24) is 14.8 Å². The number of fused-ring (bicyclic) bond motifs is 2. The first-order chi connectivity index (χ1) is 13.0. The summed E-state index contributed by atoms with van der Waals surface area (Å²) >= 11 is 1.42. The van der Waals surface area contributed by atoms with Gasteiger partial charge in [-0.2, -0.15) is 5.10 Å². The maximum atomic E-state index is 12.6. The summed E-state index contributed by atoms with van der Waals surface area (Å²) in [4.78, 5) is 29.5. The number of benzene rings is 2. The minimum Gasteiger partial charge on any atom is -0.300 e. The van der Waals surface area contributed by atoms with E-state index in [-0.39, 0.29) is 18.0 Å². The van der Waals surface area contributed by atoms with E-state index in [1.54, 1.807) is 12.1 Å². The second-order valence-corrected chi connectivity index (χ2v) is 7.35. The number of carbonyl (C=O) groups is 1. The van der Waals surface area contributed by atoms with E-state index < -0.39 is 0 Å². The molecule has 0 bridgehead atoms. The second kappa shape index (κ2) is 6.92. The Hall–Kier alpha value is -3.06. The molecule has 0 spiro atoms. The van der Waals surface area contributed by atoms with Crippen molar-refractivity contribution in [3.05, 3.63) is 64.1 Å². The molecule has 4 rings (SSSR count). The minimum absolute atomic E-state index is 0.152. The zero-order valence-electron chi connectivity index (χ0n) is 15.0. The van der Waals surface area contributed by atoms with Crippen molar-refractivity contribution in [2.45, 2.75) is 26.8 Å². The lowest BCUT2D eigenvalue weighted by Gasteiger charge is -2.08. The number of rotatable bonds is 4. The molecule has 0 fully saturated rings. The maximum absolute atomic E-state index is 12.6. The van der Waals surface area contributed by atoms with Crippen LogP contribution in [-0.4, -0.2) is 20.7 Å². The summed E-state index contributed by atoms with van der Waals surface area (Å²) in [5.74, 6) is -0.325. The Balaban J connectivity index is 1.59. The Morgan fingerprint density at radius 3 is 2.74 bits per heavy atom. The summed E-state index contributed by atoms with van der Waals surface area (Å²) in [6.45, 7) is 3.77. The Bertz CT molecular complexity index is 1230. The number of hydrogen-bond donors (Lipinski definition) is 1. The highest BCUT2D eigenvalue weighted by molar-refractivity contribution is 7.22. The van der Waals surface area contributed by atoms with Gasteiger partial charge in [-0.3, -0.25) is 9.59 Å². The van der Waals surface area contributed by atoms with Gasteiger partial charge in [0.1, 0.15) is 6.54 Å². The molecule has 2 aromatic heterocycles. The van der Waals surface area contributed by atoms with Crippen LogP contribution < -0.4 is 10.9 Å². The first-order valence-corrected chi connectivity index (χ1v) is 9.52. The van der Waals surface area contributed by atoms with Gasteiger partial charge < -0.3 is 5.32 Å². The van der Waals surface area contributed by atoms with Crippen molar-refractivity contribution < 1.29 is 4.79 Å². The number of thiazole rings is 1. The van der Waals surface area contributed by atoms with E-state index >= 15 is 0 Å². The number of hydrogen-bond acceptors (Lipinski definition) is 5. The number of amides is 1. The quantitative estimate of drug-likeness (QED) is 0.589. The second-order valence-electron chi connectivity index (χ2n) is 6.32. The number of anilines is 1. The zero-order valence-corrected chi connectivity index (χ0v) is 15.8. The van der Waals surface area contributed by atoms with Gasteiger partial charge >= 0.3 is 0 Å². The van der Waals surface area contributed by atoms with E-state index in [0.717, 1.165) is 22.0 Å². The van der Waals surface area contributed by atoms with Gasteiger partial charge in [-0.05, 0) is 37.1 Å². The van der Waals surface area contributed by atoms with Gasteiger partial charge in [-0.25, -0.2) is 9.67 Å². The van der Waals surface area contributed by atoms with Crippen LogP contribution in [-0.2, 0) is 17.8 Å². The van der Waals surface area contributed by atoms with Crippen molar-refractivity contribution in [3.8, 4) is 0 Å². The van der Waals surface area contributed by atoms with Crippen LogP contribution in [0.1, 0.15) is 18.2 Å². The molecule has 6 nitrogen and oxygen atoms in total. The Morgan fingerprint density at radius 1 is 1.19 bits per heavy atom. The first-order valence-electron chi connectivity index (χ1n) is 8.71. The summed E-state index contributed by atoms with van der Waals surface area (Å²) in [5.41, 5.74) is 2.52. The first kappa shape index (κ1) is 17.4. The fourth-order valence-corrected chi connectivity index (χ4v) is 3.99. The molecule has 2 heterocycles. The molecule has 7 heteroatoms. The molecule has 0 radical (unpaired) electrons. The molecule has 0 saturated heterocycles. The molecule has 27 heavy (non-hydrogen) atoms. The molecule has 0 unspecified atom stereocenters. The van der Waals surface area contributed by atoms with Crippen LogP contribution in [0, 0.1) is 6.92 Å². The van der Waals surface area contributed by atoms with Crippen molar-refractivity contribution >= 4 is 43.4 Å². The molecule has 4 aromatic rings. The summed E-state index contributed by atoms with van der Waals surface area (Å²) in [5, 5.41) is 8.94. The average Bonchev–Trinajstić information content (AvgIpc) is 3.07. The lowest BCUT2D eigenvalue weighted by Crippen LogP contribution is -2.30. The lowest BCUT2D eigenvalue weighted by molar-refractivity contribution is -0.117. The van der Waals surface area contributed by atoms with Crippen LogP contribution in [0.5, 0.6) is 0 Å². The van der Waals surface area contributed by atoms with Crippen molar-refractivity contribution in [2.75, 3.05) is 5.32 Å². The monoisotopic (exact) mass is 378 g/mol. The Morgan fingerprint density at radius 2 is 1.96 bits per heavy atom. The summed E-state index contributed by atoms with van der Waals surface area (Å²) in [6, 6.07) is 13.4. The van der Waals surface area contributed by atoms with E-state index in [4.69, 9.17) is 0 Å². The number of carbonyl (C=O) groups excluding carboxylic acids is 1. The molecular formula is C20H18N4O2S. The predicted molar refractivity (Wildman–Crippen MR) is 108 cm³/mol. The highest BCUT2D eigenvalue weighted by atomic mass is 32.1. The topological polar surface area (TPSA) is 76.9 Å². The molecular weight excluding hydrogens is 360 g/mol. The number of aryl methyl sites for hydroxylation is 2. The standard InChI is InChI=1S/C20H18N4O2S/c1-3-13-8-9-16-17(10-13)27-20(21-16)22-18(25)11-24-19(26)15-7-5-4-6-14(15)12(2)23-24/h4-10H,3,11H2,1-2H3,(H,21,22,25). The van der Waals surface area contributed by atoms with Crippen LogP contribution >= 0.6 is 11.3 Å². The van der Waals surface area contributed by atoms with Gasteiger partial charge in [0.05, 0.1) is 21.3 Å². The predicted octanol–water partition coefficient (Wildman–Crippen LogP) is 3.52. The summed E-state index contributed by atoms with van der Waals surface area (Å²) < 4.78 is 2.23. The van der Waals surface area contributed by atoms with E-state index in [9.17, 15) is 9.59 Å². The Kier molecular flexibility index (Phi) is 4.45. The van der Waals surface area contributed by atoms with Crippen LogP contribution in [0.15, 0.2) is 47.3 Å². The fourth-order valence-electron chi connectivity index (χ4n) is 3.05. The molecule has 0 aliphatic heterocycles. The highest BCUT2D eigenvalue weighted by Gasteiger charge is 2.13. The van der Waals surface area contributed by atoms with Gasteiger partial charge in [-0.1, -0.05) is 42.5 Å². The molecule has 1 amide bonds. The lowest BCUT2D eigenvalue weighted by atomic mass is 10.1. The highest BCUT2D eigenvalue weighted by Crippen LogP contribution is 2.27. The van der Waals surface area contributed by atoms with Gasteiger partial charge in [0, 0.05) is 5.39 Å². The summed E-state index contributed by atoms with van der Waals surface area (Å²) in [7, 11) is 0. The molecule has 0 saturated carbocycles. The molecule has 0 atom stereocenters. The number of nitrogens with one attached hydrogen (secondary N) is 1. The minimum atomic E-state index is -0.325. The van der Waals surface area contributed by atoms with Crippen LogP contribution in [0.3, 0.4) is 0 Å². The number of aromatic nitrogens is 3. The van der Waals surface area contributed by atoms with Crippen LogP contribution in [0.25, 0.3) is 21.0 Å². The number of nitrogens with zero attached hydrogens (tertiary/aromatic N) is 3. The average molecular weight is 378 g/mol. The van der Waals surface area contributed by atoms with E-state index in [0.29, 0.717) is 16.2 Å².